The molecule has 120 valence electrons. The second-order valence-corrected chi connectivity index (χ2v) is 6.92. The number of nitrogens with two attached hydrogens (primary N) is 2. The number of hydrogen-bond acceptors (Lipinski definition) is 5. The van der Waals surface area contributed by atoms with Crippen LogP contribution in [0.15, 0.2) is 30.3 Å². The molecule has 9 heteroatoms. The highest BCUT2D eigenvalue weighted by Gasteiger charge is 2.37. The fourth-order valence-electron chi connectivity index (χ4n) is 2.12. The van der Waals surface area contributed by atoms with Crippen molar-refractivity contribution in [3.8, 4) is 5.75 Å². The number of carbonyl (C=O) groups excluding carboxylic acids is 2. The zero-order chi connectivity index (χ0) is 16.2. The number of ether oxygens (including phenoxy) is 1. The molecule has 0 saturated carbocycles. The Morgan fingerprint density at radius 3 is 2.77 bits per heavy atom. The molecule has 2 amide bonds. The zero-order valence-corrected chi connectivity index (χ0v) is 12.9. The lowest BCUT2D eigenvalue weighted by molar-refractivity contribution is -0.129. The number of carbonyl (C=O) groups is 2. The van der Waals surface area contributed by atoms with Crippen LogP contribution in [0.3, 0.4) is 0 Å². The monoisotopic (exact) mass is 326 g/mol. The van der Waals surface area contributed by atoms with Crippen molar-refractivity contribution >= 4 is 19.4 Å². The van der Waals surface area contributed by atoms with Crippen LogP contribution < -0.4 is 21.1 Å². The fourth-order valence-corrected chi connectivity index (χ4v) is 3.54. The van der Waals surface area contributed by atoms with Gasteiger partial charge in [-0.3, -0.25) is 23.9 Å². The molecule has 0 aliphatic carbocycles. The van der Waals surface area contributed by atoms with E-state index in [4.69, 9.17) is 16.0 Å². The van der Waals surface area contributed by atoms with Gasteiger partial charge in [0, 0.05) is 6.54 Å². The van der Waals surface area contributed by atoms with Crippen molar-refractivity contribution in [2.45, 2.75) is 18.9 Å². The van der Waals surface area contributed by atoms with Crippen molar-refractivity contribution in [2.75, 3.05) is 13.2 Å². The highest BCUT2D eigenvalue weighted by Crippen LogP contribution is 2.38. The first-order chi connectivity index (χ1) is 10.4. The number of rotatable bonds is 5. The van der Waals surface area contributed by atoms with E-state index in [-0.39, 0.29) is 13.2 Å². The van der Waals surface area contributed by atoms with Gasteiger partial charge in [0.15, 0.2) is 6.61 Å². The van der Waals surface area contributed by atoms with Crippen LogP contribution in [0, 0.1) is 0 Å². The lowest BCUT2D eigenvalue weighted by Crippen LogP contribution is -2.50. The molecule has 1 aliphatic heterocycles. The van der Waals surface area contributed by atoms with Crippen LogP contribution in [0.2, 0.25) is 0 Å². The average Bonchev–Trinajstić information content (AvgIpc) is 2.48. The van der Waals surface area contributed by atoms with E-state index in [1.54, 1.807) is 24.3 Å². The van der Waals surface area contributed by atoms with Gasteiger partial charge < -0.3 is 10.5 Å². The summed E-state index contributed by atoms with van der Waals surface area (Å²) in [6, 6.07) is 7.96. The number of nitrogens with zero attached hydrogens (tertiary/aromatic N) is 1. The number of para-hydroxylation sites is 1. The topological polar surface area (TPSA) is 128 Å². The van der Waals surface area contributed by atoms with Gasteiger partial charge in [-0.1, -0.05) is 18.2 Å². The minimum Gasteiger partial charge on any atom is -0.484 e. The third-order valence-corrected chi connectivity index (χ3v) is 4.90. The second kappa shape index (κ2) is 6.91. The molecule has 1 fully saturated rings. The molecule has 0 bridgehead atoms. The summed E-state index contributed by atoms with van der Waals surface area (Å²) in [5.41, 5.74) is 11.3. The van der Waals surface area contributed by atoms with Crippen molar-refractivity contribution in [3.05, 3.63) is 30.3 Å². The maximum Gasteiger partial charge on any atom is 0.332 e. The number of piperidine rings is 1. The Bertz CT molecular complexity index is 595. The Labute approximate surface area is 128 Å². The van der Waals surface area contributed by atoms with Crippen molar-refractivity contribution in [3.63, 3.8) is 0 Å². The summed E-state index contributed by atoms with van der Waals surface area (Å²) in [6.07, 6.45) is 1.10. The number of benzene rings is 1. The van der Waals surface area contributed by atoms with Gasteiger partial charge in [-0.05, 0) is 25.0 Å². The highest BCUT2D eigenvalue weighted by atomic mass is 31.2. The summed E-state index contributed by atoms with van der Waals surface area (Å²) in [6.45, 7) is -0.139. The standard InChI is InChI=1S/C13H19N4O4P/c14-11-7-4-8-17(13(11)19)22(15,20)16-12(18)9-21-10-5-2-1-3-6-10/h1-3,5-6,11H,4,7-9,14H2,(H3,15,16,18,20)/t11-,22?/m0/s1. The van der Waals surface area contributed by atoms with Gasteiger partial charge in [-0.2, -0.15) is 0 Å². The molecule has 0 aromatic heterocycles. The minimum atomic E-state index is -3.81. The van der Waals surface area contributed by atoms with Crippen molar-refractivity contribution in [2.24, 2.45) is 11.2 Å². The van der Waals surface area contributed by atoms with Gasteiger partial charge in [0.05, 0.1) is 6.04 Å². The first kappa shape index (κ1) is 16.5. The summed E-state index contributed by atoms with van der Waals surface area (Å²) in [4.78, 5) is 23.7. The molecular formula is C13H19N4O4P. The quantitative estimate of drug-likeness (QED) is 0.663. The van der Waals surface area contributed by atoms with Gasteiger partial charge in [-0.15, -0.1) is 0 Å². The molecule has 1 aromatic carbocycles. The maximum atomic E-state index is 12.4. The molecule has 1 saturated heterocycles. The Kier molecular flexibility index (Phi) is 5.18. The van der Waals surface area contributed by atoms with E-state index in [0.717, 1.165) is 4.67 Å². The summed E-state index contributed by atoms with van der Waals surface area (Å²) >= 11 is 0. The number of nitrogens with one attached hydrogen (secondary N) is 1. The zero-order valence-electron chi connectivity index (χ0n) is 12.0. The molecule has 22 heavy (non-hydrogen) atoms. The van der Waals surface area contributed by atoms with Crippen molar-refractivity contribution in [1.29, 1.82) is 0 Å². The van der Waals surface area contributed by atoms with Gasteiger partial charge in [0.2, 0.25) is 5.91 Å². The van der Waals surface area contributed by atoms with E-state index in [9.17, 15) is 14.2 Å². The third-order valence-electron chi connectivity index (χ3n) is 3.21. The molecule has 1 heterocycles. The summed E-state index contributed by atoms with van der Waals surface area (Å²) in [7, 11) is -3.81. The van der Waals surface area contributed by atoms with E-state index in [2.05, 4.69) is 5.09 Å². The predicted molar refractivity (Wildman–Crippen MR) is 80.8 cm³/mol. The van der Waals surface area contributed by atoms with Crippen LogP contribution in [-0.4, -0.2) is 35.7 Å². The van der Waals surface area contributed by atoms with Crippen LogP contribution >= 0.6 is 7.59 Å². The largest absolute Gasteiger partial charge is 0.484 e. The molecule has 0 spiro atoms. The average molecular weight is 326 g/mol. The van der Waals surface area contributed by atoms with Crippen molar-refractivity contribution < 1.29 is 18.9 Å². The molecule has 1 unspecified atom stereocenters. The Balaban J connectivity index is 1.92. The number of amides is 2. The van der Waals surface area contributed by atoms with Crippen LogP contribution in [0.1, 0.15) is 12.8 Å². The van der Waals surface area contributed by atoms with Crippen LogP contribution in [0.4, 0.5) is 0 Å². The first-order valence-corrected chi connectivity index (χ1v) is 8.58. The van der Waals surface area contributed by atoms with E-state index >= 15 is 0 Å². The van der Waals surface area contributed by atoms with Crippen LogP contribution in [0.5, 0.6) is 5.75 Å². The minimum absolute atomic E-state index is 0.208. The fraction of sp³-hybridized carbons (Fsp3) is 0.385. The van der Waals surface area contributed by atoms with Crippen molar-refractivity contribution in [1.82, 2.24) is 9.76 Å². The molecule has 1 aromatic rings. The summed E-state index contributed by atoms with van der Waals surface area (Å²) < 4.78 is 18.6. The summed E-state index contributed by atoms with van der Waals surface area (Å²) in [5, 5.41) is 2.17. The Hall–Kier alpha value is -1.89. The summed E-state index contributed by atoms with van der Waals surface area (Å²) in [5.74, 6) is -0.677. The third kappa shape index (κ3) is 4.07. The molecule has 5 N–H and O–H groups in total. The van der Waals surface area contributed by atoms with Crippen LogP contribution in [-0.2, 0) is 14.2 Å². The molecule has 8 nitrogen and oxygen atoms in total. The molecule has 2 rings (SSSR count). The van der Waals surface area contributed by atoms with E-state index in [1.807, 2.05) is 6.07 Å². The highest BCUT2D eigenvalue weighted by molar-refractivity contribution is 7.58. The SMILES string of the molecule is N[C@H]1CCCN(P(N)(=O)NC(=O)COc2ccccc2)C1=O. The Morgan fingerprint density at radius 2 is 2.09 bits per heavy atom. The predicted octanol–water partition coefficient (Wildman–Crippen LogP) is 0.198. The maximum absolute atomic E-state index is 12.4. The lowest BCUT2D eigenvalue weighted by Gasteiger charge is -2.34. The Morgan fingerprint density at radius 1 is 1.41 bits per heavy atom. The molecule has 0 radical (unpaired) electrons. The van der Waals surface area contributed by atoms with Crippen LogP contribution in [0.25, 0.3) is 0 Å². The van der Waals surface area contributed by atoms with E-state index in [1.165, 1.54) is 0 Å². The lowest BCUT2D eigenvalue weighted by atomic mass is 10.1. The van der Waals surface area contributed by atoms with Gasteiger partial charge in [0.25, 0.3) is 5.91 Å². The first-order valence-electron chi connectivity index (χ1n) is 6.85. The molecule has 2 atom stereocenters. The van der Waals surface area contributed by atoms with E-state index in [0.29, 0.717) is 18.6 Å². The molecular weight excluding hydrogens is 307 g/mol. The van der Waals surface area contributed by atoms with Gasteiger partial charge >= 0.3 is 7.59 Å². The normalized spacial score (nSPS) is 21.1. The molecule has 1 aliphatic rings. The van der Waals surface area contributed by atoms with E-state index < -0.39 is 25.5 Å². The smallest absolute Gasteiger partial charge is 0.332 e. The second-order valence-electron chi connectivity index (χ2n) is 4.97. The number of hydrogen-bond donors (Lipinski definition) is 3. The van der Waals surface area contributed by atoms with Gasteiger partial charge in [0.1, 0.15) is 5.75 Å². The van der Waals surface area contributed by atoms with Gasteiger partial charge in [-0.25, -0.2) is 5.50 Å².